The summed E-state index contributed by atoms with van der Waals surface area (Å²) in [5.74, 6) is 0. The third kappa shape index (κ3) is 2.51. The fraction of sp³-hybridized carbons (Fsp3) is 0.500. The van der Waals surface area contributed by atoms with Crippen molar-refractivity contribution in [1.29, 1.82) is 0 Å². The second-order valence-electron chi connectivity index (χ2n) is 4.40. The molecule has 0 aliphatic heterocycles. The number of hydrogen-bond donors (Lipinski definition) is 0. The summed E-state index contributed by atoms with van der Waals surface area (Å²) in [4.78, 5) is 0. The third-order valence-electron chi connectivity index (χ3n) is 3.28. The summed E-state index contributed by atoms with van der Waals surface area (Å²) in [6.07, 6.45) is 5.01. The first kappa shape index (κ1) is 11.8. The largest absolute Gasteiger partial charge is 0.0922 e. The average molecular weight is 308 g/mol. The van der Waals surface area contributed by atoms with Gasteiger partial charge in [-0.3, -0.25) is 0 Å². The maximum atomic E-state index is 6.17. The predicted molar refractivity (Wildman–Crippen MR) is 70.2 cm³/mol. The van der Waals surface area contributed by atoms with Crippen molar-refractivity contribution in [3.63, 3.8) is 0 Å². The van der Waals surface area contributed by atoms with E-state index in [1.165, 1.54) is 24.8 Å². The lowest BCUT2D eigenvalue weighted by atomic mass is 9.67. The summed E-state index contributed by atoms with van der Waals surface area (Å²) in [7, 11) is 0. The Morgan fingerprint density at radius 2 is 2.00 bits per heavy atom. The number of halogens is 3. The molecule has 1 saturated carbocycles. The molecule has 0 spiro atoms. The fourth-order valence-electron chi connectivity index (χ4n) is 2.10. The number of benzene rings is 1. The third-order valence-corrected chi connectivity index (χ3v) is 5.05. The van der Waals surface area contributed by atoms with E-state index in [1.807, 2.05) is 18.2 Å². The molecule has 1 aliphatic rings. The summed E-state index contributed by atoms with van der Waals surface area (Å²) in [5, 5.41) is 2.58. The van der Waals surface area contributed by atoms with Crippen molar-refractivity contribution < 1.29 is 0 Å². The van der Waals surface area contributed by atoms with Crippen molar-refractivity contribution in [1.82, 2.24) is 0 Å². The topological polar surface area (TPSA) is 0 Å². The van der Waals surface area contributed by atoms with E-state index in [-0.39, 0.29) is 0 Å². The second kappa shape index (κ2) is 4.65. The zero-order valence-corrected chi connectivity index (χ0v) is 11.5. The summed E-state index contributed by atoms with van der Waals surface area (Å²) in [6.45, 7) is 0. The molecular formula is C12H13BrCl2. The minimum atomic E-state index is 0.442. The zero-order chi connectivity index (χ0) is 10.9. The van der Waals surface area contributed by atoms with Gasteiger partial charge in [0.05, 0.1) is 0 Å². The standard InChI is InChI=1S/C12H13BrCl2/c13-8-12(4-1-5-12)7-9-2-3-10(14)6-11(9)15/h2-3,6H,1,4-5,7-8H2. The minimum Gasteiger partial charge on any atom is -0.0922 e. The van der Waals surface area contributed by atoms with E-state index < -0.39 is 0 Å². The highest BCUT2D eigenvalue weighted by Crippen LogP contribution is 2.45. The van der Waals surface area contributed by atoms with Crippen LogP contribution in [0.25, 0.3) is 0 Å². The zero-order valence-electron chi connectivity index (χ0n) is 8.40. The van der Waals surface area contributed by atoms with Crippen LogP contribution in [0.3, 0.4) is 0 Å². The molecule has 1 fully saturated rings. The molecule has 2 rings (SSSR count). The minimum absolute atomic E-state index is 0.442. The molecule has 0 N–H and O–H groups in total. The van der Waals surface area contributed by atoms with E-state index in [0.717, 1.165) is 16.8 Å². The molecule has 0 unspecified atom stereocenters. The van der Waals surface area contributed by atoms with Gasteiger partial charge in [-0.05, 0) is 42.4 Å². The molecule has 3 heteroatoms. The van der Waals surface area contributed by atoms with Crippen molar-refractivity contribution in [2.24, 2.45) is 5.41 Å². The molecule has 1 aromatic carbocycles. The van der Waals surface area contributed by atoms with Crippen molar-refractivity contribution in [2.75, 3.05) is 5.33 Å². The van der Waals surface area contributed by atoms with Crippen LogP contribution in [0, 0.1) is 5.41 Å². The van der Waals surface area contributed by atoms with E-state index >= 15 is 0 Å². The number of hydrogen-bond acceptors (Lipinski definition) is 0. The Hall–Kier alpha value is 0.280. The van der Waals surface area contributed by atoms with Crippen LogP contribution >= 0.6 is 39.1 Å². The molecule has 15 heavy (non-hydrogen) atoms. The number of rotatable bonds is 3. The lowest BCUT2D eigenvalue weighted by Gasteiger charge is -2.41. The van der Waals surface area contributed by atoms with Crippen LogP contribution in [-0.4, -0.2) is 5.33 Å². The average Bonchev–Trinajstić information content (AvgIpc) is 2.14. The predicted octanol–water partition coefficient (Wildman–Crippen LogP) is 5.10. The molecule has 1 aromatic rings. The van der Waals surface area contributed by atoms with Crippen LogP contribution in [0.4, 0.5) is 0 Å². The van der Waals surface area contributed by atoms with Crippen molar-refractivity contribution in [2.45, 2.75) is 25.7 Å². The Balaban J connectivity index is 2.16. The number of alkyl halides is 1. The Labute approximate surface area is 109 Å². The van der Waals surface area contributed by atoms with Crippen LogP contribution in [0.2, 0.25) is 10.0 Å². The Bertz CT molecular complexity index is 353. The molecule has 82 valence electrons. The molecular weight excluding hydrogens is 295 g/mol. The molecule has 0 aromatic heterocycles. The smallest absolute Gasteiger partial charge is 0.0453 e. The first-order chi connectivity index (χ1) is 7.15. The lowest BCUT2D eigenvalue weighted by Crippen LogP contribution is -2.33. The Morgan fingerprint density at radius 3 is 2.47 bits per heavy atom. The van der Waals surface area contributed by atoms with Gasteiger partial charge >= 0.3 is 0 Å². The first-order valence-electron chi connectivity index (χ1n) is 5.15. The Morgan fingerprint density at radius 1 is 1.27 bits per heavy atom. The van der Waals surface area contributed by atoms with E-state index in [0.29, 0.717) is 10.4 Å². The van der Waals surface area contributed by atoms with E-state index in [2.05, 4.69) is 15.9 Å². The van der Waals surface area contributed by atoms with Gasteiger partial charge in [0.25, 0.3) is 0 Å². The summed E-state index contributed by atoms with van der Waals surface area (Å²) >= 11 is 15.7. The Kier molecular flexibility index (Phi) is 3.64. The highest BCUT2D eigenvalue weighted by Gasteiger charge is 2.36. The van der Waals surface area contributed by atoms with Crippen molar-refractivity contribution in [3.05, 3.63) is 33.8 Å². The van der Waals surface area contributed by atoms with Gasteiger partial charge in [-0.15, -0.1) is 0 Å². The van der Waals surface area contributed by atoms with Gasteiger partial charge in [-0.25, -0.2) is 0 Å². The normalized spacial score (nSPS) is 18.6. The highest BCUT2D eigenvalue weighted by molar-refractivity contribution is 9.09. The van der Waals surface area contributed by atoms with E-state index in [9.17, 15) is 0 Å². The molecule has 0 nitrogen and oxygen atoms in total. The summed E-state index contributed by atoms with van der Waals surface area (Å²) in [5.41, 5.74) is 1.66. The summed E-state index contributed by atoms with van der Waals surface area (Å²) in [6, 6.07) is 5.80. The van der Waals surface area contributed by atoms with Gasteiger partial charge in [-0.1, -0.05) is 51.6 Å². The van der Waals surface area contributed by atoms with Gasteiger partial charge in [0.15, 0.2) is 0 Å². The van der Waals surface area contributed by atoms with E-state index in [1.54, 1.807) is 0 Å². The second-order valence-corrected chi connectivity index (χ2v) is 5.80. The molecule has 0 heterocycles. The fourth-order valence-corrected chi connectivity index (χ4v) is 3.34. The SMILES string of the molecule is Clc1ccc(CC2(CBr)CCC2)c(Cl)c1. The van der Waals surface area contributed by atoms with E-state index in [4.69, 9.17) is 23.2 Å². The van der Waals surface area contributed by atoms with Gasteiger partial charge in [0.2, 0.25) is 0 Å². The first-order valence-corrected chi connectivity index (χ1v) is 7.03. The molecule has 0 radical (unpaired) electrons. The summed E-state index contributed by atoms with van der Waals surface area (Å²) < 4.78 is 0. The maximum absolute atomic E-state index is 6.17. The van der Waals surface area contributed by atoms with Gasteiger partial charge < -0.3 is 0 Å². The van der Waals surface area contributed by atoms with Crippen LogP contribution in [0.5, 0.6) is 0 Å². The van der Waals surface area contributed by atoms with Crippen molar-refractivity contribution in [3.8, 4) is 0 Å². The van der Waals surface area contributed by atoms with Crippen LogP contribution in [0.15, 0.2) is 18.2 Å². The highest BCUT2D eigenvalue weighted by atomic mass is 79.9. The molecule has 0 bridgehead atoms. The van der Waals surface area contributed by atoms with Crippen molar-refractivity contribution >= 4 is 39.1 Å². The van der Waals surface area contributed by atoms with Gasteiger partial charge in [-0.2, -0.15) is 0 Å². The molecule has 0 amide bonds. The lowest BCUT2D eigenvalue weighted by molar-refractivity contribution is 0.170. The maximum Gasteiger partial charge on any atom is 0.0453 e. The van der Waals surface area contributed by atoms with Gasteiger partial charge in [0.1, 0.15) is 0 Å². The quantitative estimate of drug-likeness (QED) is 0.681. The van der Waals surface area contributed by atoms with Gasteiger partial charge in [0, 0.05) is 15.4 Å². The monoisotopic (exact) mass is 306 g/mol. The molecule has 1 aliphatic carbocycles. The van der Waals surface area contributed by atoms with Crippen LogP contribution < -0.4 is 0 Å². The van der Waals surface area contributed by atoms with Crippen LogP contribution in [0.1, 0.15) is 24.8 Å². The molecule has 0 atom stereocenters. The molecule has 0 saturated heterocycles. The van der Waals surface area contributed by atoms with Crippen LogP contribution in [-0.2, 0) is 6.42 Å².